The molecule has 2 fully saturated rings. The Hall–Kier alpha value is -0.120. The molecule has 0 aromatic rings. The van der Waals surface area contributed by atoms with Crippen LogP contribution in [0.2, 0.25) is 0 Å². The SMILES string of the molecule is CNC(C)N1CC2C(CO)C2C1. The zero-order valence-corrected chi connectivity index (χ0v) is 7.83. The maximum Gasteiger partial charge on any atom is 0.0565 e. The molecule has 1 saturated heterocycles. The molecular formula is C9H18N2O. The average molecular weight is 170 g/mol. The van der Waals surface area contributed by atoms with Crippen LogP contribution in [0.3, 0.4) is 0 Å². The topological polar surface area (TPSA) is 35.5 Å². The van der Waals surface area contributed by atoms with Crippen LogP contribution in [0.5, 0.6) is 0 Å². The first kappa shape index (κ1) is 8.48. The molecule has 2 rings (SSSR count). The lowest BCUT2D eigenvalue weighted by atomic mass is 10.2. The van der Waals surface area contributed by atoms with E-state index in [0.717, 1.165) is 11.8 Å². The van der Waals surface area contributed by atoms with Gasteiger partial charge in [-0.2, -0.15) is 0 Å². The van der Waals surface area contributed by atoms with E-state index >= 15 is 0 Å². The van der Waals surface area contributed by atoms with Crippen LogP contribution in [-0.2, 0) is 0 Å². The molecule has 0 aromatic carbocycles. The van der Waals surface area contributed by atoms with Crippen molar-refractivity contribution < 1.29 is 5.11 Å². The predicted octanol–water partition coefficient (Wildman–Crippen LogP) is -0.278. The van der Waals surface area contributed by atoms with Crippen LogP contribution in [0.15, 0.2) is 0 Å². The largest absolute Gasteiger partial charge is 0.396 e. The van der Waals surface area contributed by atoms with Gasteiger partial charge in [-0.25, -0.2) is 0 Å². The molecule has 0 spiro atoms. The van der Waals surface area contributed by atoms with Gasteiger partial charge in [0, 0.05) is 19.7 Å². The predicted molar refractivity (Wildman–Crippen MR) is 47.7 cm³/mol. The molecule has 0 amide bonds. The van der Waals surface area contributed by atoms with E-state index in [2.05, 4.69) is 17.1 Å². The molecule has 3 unspecified atom stereocenters. The molecule has 2 aliphatic rings. The average Bonchev–Trinajstić information content (AvgIpc) is 2.56. The molecule has 0 bridgehead atoms. The van der Waals surface area contributed by atoms with Crippen LogP contribution in [0.1, 0.15) is 6.92 Å². The second-order valence-electron chi connectivity index (χ2n) is 4.09. The van der Waals surface area contributed by atoms with Gasteiger partial charge in [-0.3, -0.25) is 4.90 Å². The fraction of sp³-hybridized carbons (Fsp3) is 1.00. The third kappa shape index (κ3) is 1.16. The fourth-order valence-electron chi connectivity index (χ4n) is 2.45. The molecule has 3 atom stereocenters. The maximum absolute atomic E-state index is 8.96. The Morgan fingerprint density at radius 1 is 1.50 bits per heavy atom. The highest BCUT2D eigenvalue weighted by Crippen LogP contribution is 2.51. The fourth-order valence-corrected chi connectivity index (χ4v) is 2.45. The second kappa shape index (κ2) is 2.98. The lowest BCUT2D eigenvalue weighted by Crippen LogP contribution is -2.42. The van der Waals surface area contributed by atoms with Crippen molar-refractivity contribution in [1.29, 1.82) is 0 Å². The summed E-state index contributed by atoms with van der Waals surface area (Å²) in [5.74, 6) is 2.22. The minimum atomic E-state index is 0.400. The first-order chi connectivity index (χ1) is 5.77. The van der Waals surface area contributed by atoms with Crippen LogP contribution < -0.4 is 5.32 Å². The minimum Gasteiger partial charge on any atom is -0.396 e. The van der Waals surface area contributed by atoms with E-state index in [1.54, 1.807) is 0 Å². The number of nitrogens with one attached hydrogen (secondary N) is 1. The highest BCUT2D eigenvalue weighted by molar-refractivity contribution is 5.05. The molecule has 1 heterocycles. The van der Waals surface area contributed by atoms with Gasteiger partial charge in [0.25, 0.3) is 0 Å². The highest BCUT2D eigenvalue weighted by atomic mass is 16.3. The normalized spacial score (nSPS) is 42.8. The summed E-state index contributed by atoms with van der Waals surface area (Å²) in [4.78, 5) is 2.46. The molecule has 70 valence electrons. The molecule has 2 N–H and O–H groups in total. The lowest BCUT2D eigenvalue weighted by Gasteiger charge is -2.25. The van der Waals surface area contributed by atoms with Gasteiger partial charge >= 0.3 is 0 Å². The summed E-state index contributed by atoms with van der Waals surface area (Å²) in [5.41, 5.74) is 0. The molecule has 12 heavy (non-hydrogen) atoms. The van der Waals surface area contributed by atoms with Gasteiger partial charge in [-0.1, -0.05) is 0 Å². The number of nitrogens with zero attached hydrogens (tertiary/aromatic N) is 1. The molecule has 1 aliphatic heterocycles. The molecular weight excluding hydrogens is 152 g/mol. The highest BCUT2D eigenvalue weighted by Gasteiger charge is 2.55. The van der Waals surface area contributed by atoms with Gasteiger partial charge in [0.15, 0.2) is 0 Å². The van der Waals surface area contributed by atoms with Crippen LogP contribution in [0.4, 0.5) is 0 Å². The summed E-state index contributed by atoms with van der Waals surface area (Å²) in [6.07, 6.45) is 0.497. The number of likely N-dealkylation sites (tertiary alicyclic amines) is 1. The third-order valence-corrected chi connectivity index (χ3v) is 3.58. The van der Waals surface area contributed by atoms with E-state index in [9.17, 15) is 0 Å². The second-order valence-corrected chi connectivity index (χ2v) is 4.09. The summed E-state index contributed by atoms with van der Waals surface area (Å²) in [6, 6.07) is 0. The lowest BCUT2D eigenvalue weighted by molar-refractivity contribution is 0.175. The Labute approximate surface area is 73.8 Å². The van der Waals surface area contributed by atoms with E-state index in [1.807, 2.05) is 7.05 Å². The molecule has 3 heteroatoms. The van der Waals surface area contributed by atoms with Crippen LogP contribution >= 0.6 is 0 Å². The van der Waals surface area contributed by atoms with E-state index in [-0.39, 0.29) is 0 Å². The molecule has 0 radical (unpaired) electrons. The van der Waals surface area contributed by atoms with Crippen molar-refractivity contribution >= 4 is 0 Å². The van der Waals surface area contributed by atoms with Crippen LogP contribution in [-0.4, -0.2) is 42.9 Å². The summed E-state index contributed by atoms with van der Waals surface area (Å²) in [7, 11) is 2.00. The number of rotatable bonds is 3. The standard InChI is InChI=1S/C9H18N2O/c1-6(10-2)11-3-7-8(4-11)9(7)5-12/h6-10,12H,3-5H2,1-2H3. The Morgan fingerprint density at radius 3 is 2.50 bits per heavy atom. The number of aliphatic hydroxyl groups is 1. The van der Waals surface area contributed by atoms with Crippen LogP contribution in [0.25, 0.3) is 0 Å². The summed E-state index contributed by atoms with van der Waals surface area (Å²) in [6.45, 7) is 4.95. The van der Waals surface area contributed by atoms with Crippen molar-refractivity contribution in [2.45, 2.75) is 13.1 Å². The van der Waals surface area contributed by atoms with Crippen molar-refractivity contribution in [1.82, 2.24) is 10.2 Å². The molecule has 0 aromatic heterocycles. The van der Waals surface area contributed by atoms with Gasteiger partial charge in [0.05, 0.1) is 6.17 Å². The smallest absolute Gasteiger partial charge is 0.0565 e. The summed E-state index contributed by atoms with van der Waals surface area (Å²) < 4.78 is 0. The Kier molecular flexibility index (Phi) is 2.10. The minimum absolute atomic E-state index is 0.400. The molecule has 3 nitrogen and oxygen atoms in total. The van der Waals surface area contributed by atoms with Crippen molar-refractivity contribution in [2.24, 2.45) is 17.8 Å². The first-order valence-corrected chi connectivity index (χ1v) is 4.80. The number of fused-ring (bicyclic) bond motifs is 1. The van der Waals surface area contributed by atoms with Gasteiger partial charge < -0.3 is 10.4 Å². The van der Waals surface area contributed by atoms with Crippen LogP contribution in [0, 0.1) is 17.8 Å². The summed E-state index contributed by atoms with van der Waals surface area (Å²) >= 11 is 0. The quantitative estimate of drug-likeness (QED) is 0.611. The Bertz CT molecular complexity index is 162. The van der Waals surface area contributed by atoms with Crippen molar-refractivity contribution in [3.8, 4) is 0 Å². The monoisotopic (exact) mass is 170 g/mol. The van der Waals surface area contributed by atoms with Gasteiger partial charge in [-0.05, 0) is 31.7 Å². The zero-order chi connectivity index (χ0) is 8.72. The Balaban J connectivity index is 1.81. The van der Waals surface area contributed by atoms with E-state index < -0.39 is 0 Å². The molecule has 1 saturated carbocycles. The zero-order valence-electron chi connectivity index (χ0n) is 7.83. The van der Waals surface area contributed by atoms with Gasteiger partial charge in [-0.15, -0.1) is 0 Å². The number of aliphatic hydroxyl groups excluding tert-OH is 1. The number of piperidine rings is 1. The number of hydrogen-bond acceptors (Lipinski definition) is 3. The molecule has 1 aliphatic carbocycles. The summed E-state index contributed by atoms with van der Waals surface area (Å²) in [5, 5.41) is 12.2. The van der Waals surface area contributed by atoms with E-state index in [1.165, 1.54) is 13.1 Å². The van der Waals surface area contributed by atoms with Gasteiger partial charge in [0.2, 0.25) is 0 Å². The van der Waals surface area contributed by atoms with Crippen molar-refractivity contribution in [3.05, 3.63) is 0 Å². The Morgan fingerprint density at radius 2 is 2.08 bits per heavy atom. The van der Waals surface area contributed by atoms with E-state index in [0.29, 0.717) is 18.7 Å². The van der Waals surface area contributed by atoms with E-state index in [4.69, 9.17) is 5.11 Å². The number of hydrogen-bond donors (Lipinski definition) is 2. The van der Waals surface area contributed by atoms with Gasteiger partial charge in [0.1, 0.15) is 0 Å². The maximum atomic E-state index is 8.96. The van der Waals surface area contributed by atoms with Crippen molar-refractivity contribution in [3.63, 3.8) is 0 Å². The van der Waals surface area contributed by atoms with Crippen molar-refractivity contribution in [2.75, 3.05) is 26.7 Å². The third-order valence-electron chi connectivity index (χ3n) is 3.58. The first-order valence-electron chi connectivity index (χ1n) is 4.80.